The van der Waals surface area contributed by atoms with Crippen molar-refractivity contribution in [2.24, 2.45) is 0 Å². The number of nitrogens with zero attached hydrogens (tertiary/aromatic N) is 3. The SMILES string of the molecule is Cc1cc(-n2ccc(C(F)(F)F)n2)c(CO)cn1. The van der Waals surface area contributed by atoms with Crippen molar-refractivity contribution in [1.82, 2.24) is 14.8 Å². The topological polar surface area (TPSA) is 50.9 Å². The maximum Gasteiger partial charge on any atom is 0.435 e. The Morgan fingerprint density at radius 1 is 1.39 bits per heavy atom. The highest BCUT2D eigenvalue weighted by atomic mass is 19.4. The van der Waals surface area contributed by atoms with Crippen molar-refractivity contribution in [2.45, 2.75) is 19.7 Å². The van der Waals surface area contributed by atoms with Gasteiger partial charge < -0.3 is 5.11 Å². The molecule has 1 N–H and O–H groups in total. The molecule has 0 bridgehead atoms. The number of pyridine rings is 1. The number of hydrogen-bond acceptors (Lipinski definition) is 3. The Balaban J connectivity index is 2.49. The third-order valence-electron chi connectivity index (χ3n) is 2.40. The maximum absolute atomic E-state index is 12.4. The van der Waals surface area contributed by atoms with Crippen LogP contribution in [0.5, 0.6) is 0 Å². The number of alkyl halides is 3. The van der Waals surface area contributed by atoms with Crippen LogP contribution in [0.1, 0.15) is 17.0 Å². The molecule has 0 saturated carbocycles. The van der Waals surface area contributed by atoms with Gasteiger partial charge in [-0.25, -0.2) is 4.68 Å². The highest BCUT2D eigenvalue weighted by Crippen LogP contribution is 2.28. The highest BCUT2D eigenvalue weighted by Gasteiger charge is 2.33. The molecule has 7 heteroatoms. The Morgan fingerprint density at radius 2 is 2.11 bits per heavy atom. The van der Waals surface area contributed by atoms with Crippen LogP contribution in [0.3, 0.4) is 0 Å². The third kappa shape index (κ3) is 2.35. The van der Waals surface area contributed by atoms with Crippen LogP contribution in [0, 0.1) is 6.92 Å². The fraction of sp³-hybridized carbons (Fsp3) is 0.273. The molecule has 4 nitrogen and oxygen atoms in total. The summed E-state index contributed by atoms with van der Waals surface area (Å²) < 4.78 is 38.4. The molecule has 2 heterocycles. The minimum absolute atomic E-state index is 0.316. The van der Waals surface area contributed by atoms with Crippen LogP contribution in [0.4, 0.5) is 13.2 Å². The van der Waals surface area contributed by atoms with Gasteiger partial charge in [-0.2, -0.15) is 18.3 Å². The highest BCUT2D eigenvalue weighted by molar-refractivity contribution is 5.39. The fourth-order valence-electron chi connectivity index (χ4n) is 1.52. The van der Waals surface area contributed by atoms with Crippen molar-refractivity contribution >= 4 is 0 Å². The van der Waals surface area contributed by atoms with Crippen LogP contribution in [0.25, 0.3) is 5.69 Å². The van der Waals surface area contributed by atoms with Gasteiger partial charge in [0.2, 0.25) is 0 Å². The number of aliphatic hydroxyl groups is 1. The molecule has 0 spiro atoms. The van der Waals surface area contributed by atoms with Crippen LogP contribution < -0.4 is 0 Å². The zero-order valence-electron chi connectivity index (χ0n) is 9.44. The second-order valence-electron chi connectivity index (χ2n) is 3.76. The van der Waals surface area contributed by atoms with E-state index >= 15 is 0 Å². The number of halogens is 3. The molecular weight excluding hydrogens is 247 g/mol. The lowest BCUT2D eigenvalue weighted by Crippen LogP contribution is -2.08. The first-order valence-electron chi connectivity index (χ1n) is 5.11. The van der Waals surface area contributed by atoms with Crippen molar-refractivity contribution in [3.8, 4) is 5.69 Å². The molecule has 2 aromatic rings. The van der Waals surface area contributed by atoms with Gasteiger partial charge in [0, 0.05) is 23.7 Å². The van der Waals surface area contributed by atoms with Gasteiger partial charge in [-0.1, -0.05) is 0 Å². The molecule has 0 saturated heterocycles. The van der Waals surface area contributed by atoms with E-state index in [-0.39, 0.29) is 6.61 Å². The summed E-state index contributed by atoms with van der Waals surface area (Å²) in [7, 11) is 0. The monoisotopic (exact) mass is 257 g/mol. The summed E-state index contributed by atoms with van der Waals surface area (Å²) in [5, 5.41) is 12.6. The van der Waals surface area contributed by atoms with Gasteiger partial charge >= 0.3 is 6.18 Å². The van der Waals surface area contributed by atoms with Gasteiger partial charge in [0.05, 0.1) is 12.3 Å². The van der Waals surface area contributed by atoms with E-state index in [1.165, 1.54) is 12.4 Å². The van der Waals surface area contributed by atoms with Crippen LogP contribution in [0.2, 0.25) is 0 Å². The first kappa shape index (κ1) is 12.6. The summed E-state index contributed by atoms with van der Waals surface area (Å²) in [6.45, 7) is 1.39. The second kappa shape index (κ2) is 4.41. The molecule has 0 unspecified atom stereocenters. The average Bonchev–Trinajstić information content (AvgIpc) is 2.77. The van der Waals surface area contributed by atoms with Crippen LogP contribution in [-0.4, -0.2) is 19.9 Å². The standard InChI is InChI=1S/C11H10F3N3O/c1-7-4-9(8(6-18)5-15-7)17-3-2-10(16-17)11(12,13)14/h2-5,18H,6H2,1H3. The van der Waals surface area contributed by atoms with E-state index in [9.17, 15) is 13.2 Å². The van der Waals surface area contributed by atoms with Gasteiger partial charge in [-0.05, 0) is 19.1 Å². The number of hydrogen-bond donors (Lipinski definition) is 1. The Labute approximate surface area is 101 Å². The number of aromatic nitrogens is 3. The van der Waals surface area contributed by atoms with Gasteiger partial charge in [0.25, 0.3) is 0 Å². The van der Waals surface area contributed by atoms with Crippen molar-refractivity contribution < 1.29 is 18.3 Å². The molecule has 18 heavy (non-hydrogen) atoms. The van der Waals surface area contributed by atoms with E-state index in [0.717, 1.165) is 10.7 Å². The van der Waals surface area contributed by atoms with Gasteiger partial charge in [0.1, 0.15) is 0 Å². The third-order valence-corrected chi connectivity index (χ3v) is 2.40. The Morgan fingerprint density at radius 3 is 2.67 bits per heavy atom. The molecule has 0 atom stereocenters. The first-order chi connectivity index (χ1) is 8.41. The van der Waals surface area contributed by atoms with Crippen LogP contribution in [-0.2, 0) is 12.8 Å². The molecule has 0 aliphatic carbocycles. The van der Waals surface area contributed by atoms with Gasteiger partial charge in [-0.3, -0.25) is 4.98 Å². The summed E-state index contributed by atoms with van der Waals surface area (Å²) in [6, 6.07) is 2.45. The summed E-state index contributed by atoms with van der Waals surface area (Å²) >= 11 is 0. The summed E-state index contributed by atoms with van der Waals surface area (Å²) in [5.74, 6) is 0. The normalized spacial score (nSPS) is 11.8. The van der Waals surface area contributed by atoms with Crippen LogP contribution >= 0.6 is 0 Å². The van der Waals surface area contributed by atoms with Crippen molar-refractivity contribution in [1.29, 1.82) is 0 Å². The minimum atomic E-state index is -4.48. The van der Waals surface area contributed by atoms with E-state index in [0.29, 0.717) is 16.9 Å². The molecule has 2 rings (SSSR count). The van der Waals surface area contributed by atoms with E-state index in [1.807, 2.05) is 0 Å². The number of aliphatic hydroxyl groups excluding tert-OH is 1. The van der Waals surface area contributed by atoms with Crippen molar-refractivity contribution in [3.63, 3.8) is 0 Å². The van der Waals surface area contributed by atoms with Crippen molar-refractivity contribution in [2.75, 3.05) is 0 Å². The first-order valence-corrected chi connectivity index (χ1v) is 5.11. The average molecular weight is 257 g/mol. The zero-order chi connectivity index (χ0) is 13.3. The van der Waals surface area contributed by atoms with E-state index in [1.54, 1.807) is 13.0 Å². The molecule has 2 aromatic heterocycles. The Hall–Kier alpha value is -1.89. The zero-order valence-corrected chi connectivity index (χ0v) is 9.44. The summed E-state index contributed by atoms with van der Waals surface area (Å²) in [4.78, 5) is 3.97. The molecule has 0 aliphatic heterocycles. The lowest BCUT2D eigenvalue weighted by molar-refractivity contribution is -0.141. The van der Waals surface area contributed by atoms with E-state index in [2.05, 4.69) is 10.1 Å². The van der Waals surface area contributed by atoms with Crippen molar-refractivity contribution in [3.05, 3.63) is 41.5 Å². The molecule has 0 amide bonds. The Bertz CT molecular complexity index is 563. The molecule has 0 aliphatic rings. The molecule has 0 fully saturated rings. The van der Waals surface area contributed by atoms with E-state index in [4.69, 9.17) is 5.11 Å². The smallest absolute Gasteiger partial charge is 0.392 e. The largest absolute Gasteiger partial charge is 0.435 e. The lowest BCUT2D eigenvalue weighted by atomic mass is 10.2. The minimum Gasteiger partial charge on any atom is -0.392 e. The predicted molar refractivity (Wildman–Crippen MR) is 57.0 cm³/mol. The number of aryl methyl sites for hydroxylation is 1. The molecule has 0 aromatic carbocycles. The summed E-state index contributed by atoms with van der Waals surface area (Å²) in [5.41, 5.74) is 0.463. The second-order valence-corrected chi connectivity index (χ2v) is 3.76. The number of rotatable bonds is 2. The van der Waals surface area contributed by atoms with Gasteiger partial charge in [-0.15, -0.1) is 0 Å². The fourth-order valence-corrected chi connectivity index (χ4v) is 1.52. The van der Waals surface area contributed by atoms with E-state index < -0.39 is 11.9 Å². The Kier molecular flexibility index (Phi) is 3.08. The molecule has 96 valence electrons. The quantitative estimate of drug-likeness (QED) is 0.896. The summed E-state index contributed by atoms with van der Waals surface area (Å²) in [6.07, 6.45) is -1.86. The molecule has 0 radical (unpaired) electrons. The van der Waals surface area contributed by atoms with Crippen LogP contribution in [0.15, 0.2) is 24.5 Å². The lowest BCUT2D eigenvalue weighted by Gasteiger charge is -2.08. The maximum atomic E-state index is 12.4. The molecular formula is C11H10F3N3O. The predicted octanol–water partition coefficient (Wildman–Crippen LogP) is 2.09. The van der Waals surface area contributed by atoms with Gasteiger partial charge in [0.15, 0.2) is 5.69 Å².